The second kappa shape index (κ2) is 5.79. The van der Waals surface area contributed by atoms with Crippen LogP contribution in [0, 0.1) is 5.41 Å². The van der Waals surface area contributed by atoms with Crippen LogP contribution in [0.15, 0.2) is 0 Å². The molecule has 1 saturated carbocycles. The van der Waals surface area contributed by atoms with E-state index in [-0.39, 0.29) is 6.54 Å². The number of aliphatic carboxylic acids is 1. The van der Waals surface area contributed by atoms with E-state index >= 15 is 0 Å². The standard InChI is InChI=1S/C10H20N2O4S/c1-11-17(15,16)12-8-10(9(13)14)6-4-2-3-5-7-10/h11-12H,2-8H2,1H3,(H,13,14). The van der Waals surface area contributed by atoms with Gasteiger partial charge in [-0.05, 0) is 12.8 Å². The molecule has 0 heterocycles. The van der Waals surface area contributed by atoms with Crippen LogP contribution >= 0.6 is 0 Å². The van der Waals surface area contributed by atoms with E-state index in [1.54, 1.807) is 0 Å². The van der Waals surface area contributed by atoms with Crippen LogP contribution in [0.4, 0.5) is 0 Å². The monoisotopic (exact) mass is 264 g/mol. The molecule has 6 nitrogen and oxygen atoms in total. The third kappa shape index (κ3) is 3.93. The molecular formula is C10H20N2O4S. The van der Waals surface area contributed by atoms with Crippen molar-refractivity contribution in [3.8, 4) is 0 Å². The van der Waals surface area contributed by atoms with Crippen molar-refractivity contribution in [3.05, 3.63) is 0 Å². The second-order valence-corrected chi connectivity index (χ2v) is 6.23. The van der Waals surface area contributed by atoms with E-state index in [9.17, 15) is 18.3 Å². The first kappa shape index (κ1) is 14.4. The van der Waals surface area contributed by atoms with Crippen molar-refractivity contribution in [2.24, 2.45) is 5.41 Å². The molecule has 17 heavy (non-hydrogen) atoms. The fraction of sp³-hybridized carbons (Fsp3) is 0.900. The zero-order valence-electron chi connectivity index (χ0n) is 10.0. The molecule has 0 aromatic carbocycles. The molecule has 0 saturated heterocycles. The van der Waals surface area contributed by atoms with Crippen LogP contribution < -0.4 is 9.44 Å². The summed E-state index contributed by atoms with van der Waals surface area (Å²) in [6.45, 7) is -0.0362. The minimum absolute atomic E-state index is 0.0362. The maximum Gasteiger partial charge on any atom is 0.310 e. The normalized spacial score (nSPS) is 20.8. The van der Waals surface area contributed by atoms with Gasteiger partial charge in [0.2, 0.25) is 0 Å². The smallest absolute Gasteiger partial charge is 0.310 e. The molecule has 0 spiro atoms. The number of carboxylic acids is 1. The lowest BCUT2D eigenvalue weighted by Gasteiger charge is -2.27. The van der Waals surface area contributed by atoms with Gasteiger partial charge < -0.3 is 5.11 Å². The zero-order chi connectivity index (χ0) is 12.9. The molecule has 0 radical (unpaired) electrons. The highest BCUT2D eigenvalue weighted by molar-refractivity contribution is 7.87. The van der Waals surface area contributed by atoms with Gasteiger partial charge in [0.05, 0.1) is 5.41 Å². The van der Waals surface area contributed by atoms with Gasteiger partial charge in [0, 0.05) is 13.6 Å². The Morgan fingerprint density at radius 2 is 1.76 bits per heavy atom. The summed E-state index contributed by atoms with van der Waals surface area (Å²) < 4.78 is 27.0. The molecule has 0 aliphatic heterocycles. The topological polar surface area (TPSA) is 95.5 Å². The van der Waals surface area contributed by atoms with Crippen molar-refractivity contribution in [2.45, 2.75) is 38.5 Å². The highest BCUT2D eigenvalue weighted by atomic mass is 32.2. The Bertz CT molecular complexity index is 359. The van der Waals surface area contributed by atoms with E-state index < -0.39 is 21.6 Å². The van der Waals surface area contributed by atoms with E-state index in [1.807, 2.05) is 0 Å². The third-order valence-electron chi connectivity index (χ3n) is 3.38. The van der Waals surface area contributed by atoms with Gasteiger partial charge in [-0.1, -0.05) is 25.7 Å². The minimum atomic E-state index is -3.57. The lowest BCUT2D eigenvalue weighted by molar-refractivity contribution is -0.149. The van der Waals surface area contributed by atoms with Crippen molar-refractivity contribution in [2.75, 3.05) is 13.6 Å². The second-order valence-electron chi connectivity index (χ2n) is 4.53. The van der Waals surface area contributed by atoms with Crippen molar-refractivity contribution < 1.29 is 18.3 Å². The van der Waals surface area contributed by atoms with E-state index in [1.165, 1.54) is 7.05 Å². The van der Waals surface area contributed by atoms with Gasteiger partial charge in [-0.25, -0.2) is 9.44 Å². The molecule has 7 heteroatoms. The SMILES string of the molecule is CNS(=O)(=O)NCC1(C(=O)O)CCCCCC1. The number of hydrogen-bond donors (Lipinski definition) is 3. The number of nitrogens with one attached hydrogen (secondary N) is 2. The summed E-state index contributed by atoms with van der Waals surface area (Å²) in [5.74, 6) is -0.904. The number of carboxylic acid groups (broad SMARTS) is 1. The van der Waals surface area contributed by atoms with Crippen molar-refractivity contribution >= 4 is 16.2 Å². The largest absolute Gasteiger partial charge is 0.481 e. The van der Waals surface area contributed by atoms with Crippen LogP contribution in [-0.2, 0) is 15.0 Å². The lowest BCUT2D eigenvalue weighted by atomic mass is 9.80. The Hall–Kier alpha value is -0.660. The molecule has 0 atom stereocenters. The molecular weight excluding hydrogens is 244 g/mol. The molecule has 1 rings (SSSR count). The van der Waals surface area contributed by atoms with Gasteiger partial charge in [-0.3, -0.25) is 4.79 Å². The fourth-order valence-corrected chi connectivity index (χ4v) is 2.79. The summed E-state index contributed by atoms with van der Waals surface area (Å²) in [6.07, 6.45) is 4.80. The predicted molar refractivity (Wildman–Crippen MR) is 63.8 cm³/mol. The summed E-state index contributed by atoms with van der Waals surface area (Å²) in [5.41, 5.74) is -0.944. The maximum absolute atomic E-state index is 11.4. The summed E-state index contributed by atoms with van der Waals surface area (Å²) in [7, 11) is -2.27. The molecule has 0 aromatic rings. The quantitative estimate of drug-likeness (QED) is 0.629. The first-order valence-corrected chi connectivity index (χ1v) is 7.32. The number of rotatable bonds is 5. The van der Waals surface area contributed by atoms with Crippen LogP contribution in [0.25, 0.3) is 0 Å². The Morgan fingerprint density at radius 3 is 2.18 bits per heavy atom. The lowest BCUT2D eigenvalue weighted by Crippen LogP contribution is -2.45. The average molecular weight is 264 g/mol. The molecule has 100 valence electrons. The first-order valence-electron chi connectivity index (χ1n) is 5.83. The van der Waals surface area contributed by atoms with E-state index in [4.69, 9.17) is 0 Å². The van der Waals surface area contributed by atoms with Crippen LogP contribution in [-0.4, -0.2) is 33.1 Å². The predicted octanol–water partition coefficient (Wildman–Crippen LogP) is 0.465. The molecule has 1 fully saturated rings. The summed E-state index contributed by atoms with van der Waals surface area (Å²) in [6, 6.07) is 0. The van der Waals surface area contributed by atoms with Crippen molar-refractivity contribution in [1.29, 1.82) is 0 Å². The Balaban J connectivity index is 2.74. The van der Waals surface area contributed by atoms with E-state index in [0.717, 1.165) is 25.7 Å². The summed E-state index contributed by atoms with van der Waals surface area (Å²) in [4.78, 5) is 11.4. The third-order valence-corrected chi connectivity index (χ3v) is 4.45. The van der Waals surface area contributed by atoms with Crippen molar-refractivity contribution in [1.82, 2.24) is 9.44 Å². The van der Waals surface area contributed by atoms with E-state index in [2.05, 4.69) is 9.44 Å². The fourth-order valence-electron chi connectivity index (χ4n) is 2.18. The average Bonchev–Trinajstić information content (AvgIpc) is 2.53. The minimum Gasteiger partial charge on any atom is -0.481 e. The highest BCUT2D eigenvalue weighted by Gasteiger charge is 2.39. The van der Waals surface area contributed by atoms with Gasteiger partial charge in [-0.15, -0.1) is 0 Å². The van der Waals surface area contributed by atoms with E-state index in [0.29, 0.717) is 12.8 Å². The van der Waals surface area contributed by atoms with Gasteiger partial charge in [-0.2, -0.15) is 8.42 Å². The molecule has 3 N–H and O–H groups in total. The summed E-state index contributed by atoms with van der Waals surface area (Å²) >= 11 is 0. The molecule has 1 aliphatic rings. The zero-order valence-corrected chi connectivity index (χ0v) is 10.8. The maximum atomic E-state index is 11.4. The molecule has 1 aliphatic carbocycles. The number of carbonyl (C=O) groups is 1. The van der Waals surface area contributed by atoms with Gasteiger partial charge in [0.1, 0.15) is 0 Å². The number of hydrogen-bond acceptors (Lipinski definition) is 3. The van der Waals surface area contributed by atoms with Crippen LogP contribution in [0.1, 0.15) is 38.5 Å². The Kier molecular flexibility index (Phi) is 4.91. The van der Waals surface area contributed by atoms with Gasteiger partial charge in [0.25, 0.3) is 10.2 Å². The summed E-state index contributed by atoms with van der Waals surface area (Å²) in [5, 5.41) is 9.33. The van der Waals surface area contributed by atoms with Crippen molar-refractivity contribution in [3.63, 3.8) is 0 Å². The van der Waals surface area contributed by atoms with Gasteiger partial charge >= 0.3 is 5.97 Å². The van der Waals surface area contributed by atoms with Crippen LogP contribution in [0.5, 0.6) is 0 Å². The first-order chi connectivity index (χ1) is 7.92. The molecule has 0 amide bonds. The van der Waals surface area contributed by atoms with Crippen LogP contribution in [0.2, 0.25) is 0 Å². The molecule has 0 unspecified atom stereocenters. The highest BCUT2D eigenvalue weighted by Crippen LogP contribution is 2.34. The Labute approximate surface area is 102 Å². The van der Waals surface area contributed by atoms with Gasteiger partial charge in [0.15, 0.2) is 0 Å². The Morgan fingerprint density at radius 1 is 1.24 bits per heavy atom. The van der Waals surface area contributed by atoms with Crippen LogP contribution in [0.3, 0.4) is 0 Å². The molecule has 0 aromatic heterocycles. The molecule has 0 bridgehead atoms.